The van der Waals surface area contributed by atoms with Crippen molar-refractivity contribution in [2.45, 2.75) is 0 Å². The number of aliphatic hydroxyl groups excluding tert-OH is 1. The normalized spacial score (nSPS) is 9.94. The van der Waals surface area contributed by atoms with E-state index in [4.69, 9.17) is 9.84 Å². The molecular weight excluding hydrogens is 220 g/mol. The summed E-state index contributed by atoms with van der Waals surface area (Å²) in [4.78, 5) is 11.0. The first-order valence-corrected chi connectivity index (χ1v) is 4.59. The average molecular weight is 231 g/mol. The quantitative estimate of drug-likeness (QED) is 0.773. The van der Waals surface area contributed by atoms with Crippen LogP contribution >= 0.6 is 0 Å². The Morgan fingerprint density at radius 3 is 2.75 bits per heavy atom. The van der Waals surface area contributed by atoms with Gasteiger partial charge in [-0.15, -0.1) is 0 Å². The van der Waals surface area contributed by atoms with Crippen molar-refractivity contribution in [2.75, 3.05) is 19.8 Å². The van der Waals surface area contributed by atoms with E-state index in [-0.39, 0.29) is 25.5 Å². The van der Waals surface area contributed by atoms with E-state index >= 15 is 0 Å². The highest BCUT2D eigenvalue weighted by atomic mass is 19.2. The van der Waals surface area contributed by atoms with E-state index in [9.17, 15) is 13.6 Å². The van der Waals surface area contributed by atoms with Gasteiger partial charge in [0.05, 0.1) is 6.61 Å². The van der Waals surface area contributed by atoms with Crippen LogP contribution in [0.25, 0.3) is 0 Å². The molecule has 4 nitrogen and oxygen atoms in total. The highest BCUT2D eigenvalue weighted by molar-refractivity contribution is 5.77. The first kappa shape index (κ1) is 12.4. The third-order valence-electron chi connectivity index (χ3n) is 1.69. The minimum absolute atomic E-state index is 0.0676. The third-order valence-corrected chi connectivity index (χ3v) is 1.69. The van der Waals surface area contributed by atoms with Crippen molar-refractivity contribution in [1.29, 1.82) is 0 Å². The van der Waals surface area contributed by atoms with Crippen LogP contribution in [-0.4, -0.2) is 30.8 Å². The maximum absolute atomic E-state index is 12.7. The zero-order valence-corrected chi connectivity index (χ0v) is 8.37. The van der Waals surface area contributed by atoms with Crippen LogP contribution in [0.1, 0.15) is 0 Å². The third kappa shape index (κ3) is 3.82. The Kier molecular flexibility index (Phi) is 4.65. The fourth-order valence-electron chi connectivity index (χ4n) is 0.962. The zero-order valence-electron chi connectivity index (χ0n) is 8.37. The van der Waals surface area contributed by atoms with Crippen molar-refractivity contribution < 1.29 is 23.4 Å². The van der Waals surface area contributed by atoms with Gasteiger partial charge >= 0.3 is 0 Å². The summed E-state index contributed by atoms with van der Waals surface area (Å²) in [6.45, 7) is -0.359. The van der Waals surface area contributed by atoms with E-state index in [2.05, 4.69) is 5.32 Å². The number of carbonyl (C=O) groups is 1. The second-order valence-electron chi connectivity index (χ2n) is 2.94. The molecule has 0 fully saturated rings. The molecule has 0 aromatic heterocycles. The van der Waals surface area contributed by atoms with Crippen LogP contribution in [0, 0.1) is 11.6 Å². The van der Waals surface area contributed by atoms with Crippen LogP contribution in [-0.2, 0) is 4.79 Å². The molecule has 0 aliphatic carbocycles. The van der Waals surface area contributed by atoms with Crippen LogP contribution in [0.3, 0.4) is 0 Å². The van der Waals surface area contributed by atoms with Crippen LogP contribution in [0.4, 0.5) is 8.78 Å². The second-order valence-corrected chi connectivity index (χ2v) is 2.94. The lowest BCUT2D eigenvalue weighted by atomic mass is 10.3. The van der Waals surface area contributed by atoms with Gasteiger partial charge in [0.15, 0.2) is 18.2 Å². The molecule has 1 rings (SSSR count). The van der Waals surface area contributed by atoms with Gasteiger partial charge in [-0.05, 0) is 12.1 Å². The number of carbonyl (C=O) groups excluding carboxylic acids is 1. The monoisotopic (exact) mass is 231 g/mol. The molecule has 1 aromatic rings. The largest absolute Gasteiger partial charge is 0.484 e. The van der Waals surface area contributed by atoms with Crippen LogP contribution in [0.2, 0.25) is 0 Å². The number of hydrogen-bond acceptors (Lipinski definition) is 3. The van der Waals surface area contributed by atoms with Crippen molar-refractivity contribution >= 4 is 5.91 Å². The molecule has 0 radical (unpaired) electrons. The van der Waals surface area contributed by atoms with Crippen molar-refractivity contribution in [1.82, 2.24) is 5.32 Å². The lowest BCUT2D eigenvalue weighted by molar-refractivity contribution is -0.123. The maximum atomic E-state index is 12.7. The zero-order chi connectivity index (χ0) is 12.0. The van der Waals surface area contributed by atoms with E-state index in [0.717, 1.165) is 12.1 Å². The van der Waals surface area contributed by atoms with Gasteiger partial charge in [-0.2, -0.15) is 0 Å². The van der Waals surface area contributed by atoms with Gasteiger partial charge in [-0.25, -0.2) is 8.78 Å². The predicted molar refractivity (Wildman–Crippen MR) is 51.9 cm³/mol. The molecule has 0 bridgehead atoms. The molecule has 0 saturated carbocycles. The molecule has 2 N–H and O–H groups in total. The van der Waals surface area contributed by atoms with Crippen molar-refractivity contribution in [3.63, 3.8) is 0 Å². The van der Waals surface area contributed by atoms with Gasteiger partial charge in [0.2, 0.25) is 0 Å². The summed E-state index contributed by atoms with van der Waals surface area (Å²) in [6.07, 6.45) is 0. The van der Waals surface area contributed by atoms with E-state index in [1.807, 2.05) is 0 Å². The van der Waals surface area contributed by atoms with E-state index < -0.39 is 17.5 Å². The Hall–Kier alpha value is -1.69. The first-order chi connectivity index (χ1) is 7.63. The molecular formula is C10H11F2NO3. The standard InChI is InChI=1S/C10H11F2NO3/c11-8-2-1-7(5-9(8)12)16-6-10(15)13-3-4-14/h1-2,5,14H,3-4,6H2,(H,13,15). The Bertz CT molecular complexity index is 371. The van der Waals surface area contributed by atoms with Gasteiger partial charge in [0, 0.05) is 12.6 Å². The van der Waals surface area contributed by atoms with Gasteiger partial charge < -0.3 is 15.2 Å². The van der Waals surface area contributed by atoms with Crippen molar-refractivity contribution in [3.05, 3.63) is 29.8 Å². The minimum atomic E-state index is -1.03. The molecule has 1 amide bonds. The highest BCUT2D eigenvalue weighted by Crippen LogP contribution is 2.14. The Balaban J connectivity index is 2.42. The molecule has 0 aliphatic rings. The van der Waals surface area contributed by atoms with Crippen molar-refractivity contribution in [3.8, 4) is 5.75 Å². The summed E-state index contributed by atoms with van der Waals surface area (Å²) in [5.74, 6) is -2.39. The topological polar surface area (TPSA) is 58.6 Å². The molecule has 1 aromatic carbocycles. The molecule has 0 spiro atoms. The number of nitrogens with one attached hydrogen (secondary N) is 1. The van der Waals surface area contributed by atoms with Crippen LogP contribution in [0.5, 0.6) is 5.75 Å². The summed E-state index contributed by atoms with van der Waals surface area (Å²) in [5, 5.41) is 10.8. The summed E-state index contributed by atoms with van der Waals surface area (Å²) < 4.78 is 30.1. The van der Waals surface area contributed by atoms with Gasteiger partial charge in [0.25, 0.3) is 5.91 Å². The fraction of sp³-hybridized carbons (Fsp3) is 0.300. The maximum Gasteiger partial charge on any atom is 0.258 e. The molecule has 16 heavy (non-hydrogen) atoms. The van der Waals surface area contributed by atoms with E-state index in [1.165, 1.54) is 6.07 Å². The molecule has 0 aliphatic heterocycles. The number of hydrogen-bond donors (Lipinski definition) is 2. The van der Waals surface area contributed by atoms with Gasteiger partial charge in [-0.3, -0.25) is 4.79 Å². The lowest BCUT2D eigenvalue weighted by Gasteiger charge is -2.06. The minimum Gasteiger partial charge on any atom is -0.484 e. The number of amides is 1. The van der Waals surface area contributed by atoms with Gasteiger partial charge in [0.1, 0.15) is 5.75 Å². The molecule has 0 atom stereocenters. The van der Waals surface area contributed by atoms with Crippen LogP contribution < -0.4 is 10.1 Å². The van der Waals surface area contributed by atoms with Crippen molar-refractivity contribution in [2.24, 2.45) is 0 Å². The number of rotatable bonds is 5. The number of benzene rings is 1. The first-order valence-electron chi connectivity index (χ1n) is 4.59. The van der Waals surface area contributed by atoms with Gasteiger partial charge in [-0.1, -0.05) is 0 Å². The SMILES string of the molecule is O=C(COc1ccc(F)c(F)c1)NCCO. The molecule has 0 heterocycles. The summed E-state index contributed by atoms with van der Waals surface area (Å²) in [5.41, 5.74) is 0. The number of aliphatic hydroxyl groups is 1. The Morgan fingerprint density at radius 1 is 1.38 bits per heavy atom. The lowest BCUT2D eigenvalue weighted by Crippen LogP contribution is -2.31. The van der Waals surface area contributed by atoms with E-state index in [1.54, 1.807) is 0 Å². The molecule has 6 heteroatoms. The molecule has 0 saturated heterocycles. The average Bonchev–Trinajstić information content (AvgIpc) is 2.28. The predicted octanol–water partition coefficient (Wildman–Crippen LogP) is 0.452. The molecule has 88 valence electrons. The Labute approximate surface area is 90.8 Å². The highest BCUT2D eigenvalue weighted by Gasteiger charge is 2.05. The summed E-state index contributed by atoms with van der Waals surface area (Å²) in [7, 11) is 0. The van der Waals surface area contributed by atoms with E-state index in [0.29, 0.717) is 0 Å². The van der Waals surface area contributed by atoms with Crippen LogP contribution in [0.15, 0.2) is 18.2 Å². The fourth-order valence-corrected chi connectivity index (χ4v) is 0.962. The summed E-state index contributed by atoms with van der Waals surface area (Å²) in [6, 6.07) is 2.99. The number of halogens is 2. The summed E-state index contributed by atoms with van der Waals surface area (Å²) >= 11 is 0. The Morgan fingerprint density at radius 2 is 2.12 bits per heavy atom. The molecule has 0 unspecified atom stereocenters. The number of ether oxygens (including phenoxy) is 1. The second kappa shape index (κ2) is 6.02. The smallest absolute Gasteiger partial charge is 0.258 e.